The normalized spacial score (nSPS) is 21.2. The molecule has 0 aromatic rings. The number of rotatable bonds is 11. The third-order valence-electron chi connectivity index (χ3n) is 3.79. The van der Waals surface area contributed by atoms with Gasteiger partial charge in [-0.1, -0.05) is 38.2 Å². The highest BCUT2D eigenvalue weighted by Crippen LogP contribution is 2.18. The van der Waals surface area contributed by atoms with Crippen molar-refractivity contribution in [2.75, 3.05) is 6.61 Å². The summed E-state index contributed by atoms with van der Waals surface area (Å²) < 4.78 is 11.5. The molecule has 0 N–H and O–H groups in total. The lowest BCUT2D eigenvalue weighted by atomic mass is 10.1. The molecule has 0 amide bonds. The van der Waals surface area contributed by atoms with E-state index in [1.807, 2.05) is 6.08 Å². The van der Waals surface area contributed by atoms with Gasteiger partial charge in [-0.25, -0.2) is 0 Å². The Morgan fingerprint density at radius 3 is 2.58 bits per heavy atom. The molecule has 0 radical (unpaired) electrons. The summed E-state index contributed by atoms with van der Waals surface area (Å²) in [5.74, 6) is 0. The van der Waals surface area contributed by atoms with Gasteiger partial charge in [0, 0.05) is 6.61 Å². The van der Waals surface area contributed by atoms with E-state index in [2.05, 4.69) is 13.5 Å². The second-order valence-electron chi connectivity index (χ2n) is 5.73. The maximum Gasteiger partial charge on any atom is 0.157 e. The molecule has 19 heavy (non-hydrogen) atoms. The summed E-state index contributed by atoms with van der Waals surface area (Å²) in [5, 5.41) is 0. The van der Waals surface area contributed by atoms with E-state index in [4.69, 9.17) is 9.47 Å². The predicted octanol–water partition coefficient (Wildman–Crippen LogP) is 5.22. The first-order valence-corrected chi connectivity index (χ1v) is 8.21. The zero-order chi connectivity index (χ0) is 13.8. The van der Waals surface area contributed by atoms with Gasteiger partial charge in [-0.3, -0.25) is 0 Å². The summed E-state index contributed by atoms with van der Waals surface area (Å²) in [7, 11) is 0. The molecule has 0 aliphatic carbocycles. The smallest absolute Gasteiger partial charge is 0.157 e. The highest BCUT2D eigenvalue weighted by atomic mass is 16.7. The summed E-state index contributed by atoms with van der Waals surface area (Å²) in [6, 6.07) is 0. The van der Waals surface area contributed by atoms with Gasteiger partial charge in [0.2, 0.25) is 0 Å². The molecule has 2 nitrogen and oxygen atoms in total. The minimum absolute atomic E-state index is 0.0719. The Balaban J connectivity index is 1.86. The van der Waals surface area contributed by atoms with E-state index in [1.54, 1.807) is 0 Å². The van der Waals surface area contributed by atoms with Crippen LogP contribution in [0.3, 0.4) is 0 Å². The average Bonchev–Trinajstić information content (AvgIpc) is 2.43. The molecule has 1 fully saturated rings. The van der Waals surface area contributed by atoms with Gasteiger partial charge in [-0.15, -0.1) is 6.58 Å². The highest BCUT2D eigenvalue weighted by molar-refractivity contribution is 4.65. The molecule has 2 heteroatoms. The van der Waals surface area contributed by atoms with Gasteiger partial charge in [-0.2, -0.15) is 0 Å². The van der Waals surface area contributed by atoms with Crippen LogP contribution in [-0.2, 0) is 9.47 Å². The number of allylic oxidation sites excluding steroid dienone is 1. The van der Waals surface area contributed by atoms with Crippen LogP contribution >= 0.6 is 0 Å². The average molecular weight is 268 g/mol. The van der Waals surface area contributed by atoms with Crippen LogP contribution < -0.4 is 0 Å². The van der Waals surface area contributed by atoms with E-state index in [-0.39, 0.29) is 6.29 Å². The van der Waals surface area contributed by atoms with Crippen molar-refractivity contribution in [2.45, 2.75) is 89.9 Å². The predicted molar refractivity (Wildman–Crippen MR) is 81.3 cm³/mol. The summed E-state index contributed by atoms with van der Waals surface area (Å²) in [5.41, 5.74) is 0. The Labute approximate surface area is 119 Å². The lowest BCUT2D eigenvalue weighted by Crippen LogP contribution is -2.26. The van der Waals surface area contributed by atoms with Crippen molar-refractivity contribution in [3.05, 3.63) is 12.7 Å². The second kappa shape index (κ2) is 11.5. The molecule has 0 bridgehead atoms. The topological polar surface area (TPSA) is 18.5 Å². The third-order valence-corrected chi connectivity index (χ3v) is 3.79. The molecule has 0 aromatic carbocycles. The minimum atomic E-state index is 0.0719. The fraction of sp³-hybridized carbons (Fsp3) is 0.882. The Kier molecular flexibility index (Phi) is 10.1. The van der Waals surface area contributed by atoms with Gasteiger partial charge in [-0.05, 0) is 45.4 Å². The number of ether oxygens (including phenoxy) is 2. The summed E-state index contributed by atoms with van der Waals surface area (Å²) in [6.45, 7) is 6.81. The first-order valence-electron chi connectivity index (χ1n) is 8.21. The first-order chi connectivity index (χ1) is 9.33. The zero-order valence-corrected chi connectivity index (χ0v) is 12.7. The molecule has 1 saturated heterocycles. The Morgan fingerprint density at radius 2 is 1.89 bits per heavy atom. The van der Waals surface area contributed by atoms with Crippen LogP contribution in [0.1, 0.15) is 77.6 Å². The number of unbranched alkanes of at least 4 members (excludes halogenated alkanes) is 6. The third kappa shape index (κ3) is 9.23. The van der Waals surface area contributed by atoms with Crippen molar-refractivity contribution < 1.29 is 9.47 Å². The molecule has 0 aromatic heterocycles. The Hall–Kier alpha value is -0.340. The van der Waals surface area contributed by atoms with Crippen molar-refractivity contribution >= 4 is 0 Å². The molecule has 0 saturated carbocycles. The number of hydrogen-bond acceptors (Lipinski definition) is 2. The largest absolute Gasteiger partial charge is 0.353 e. The molecule has 0 spiro atoms. The summed E-state index contributed by atoms with van der Waals surface area (Å²) in [4.78, 5) is 0. The highest BCUT2D eigenvalue weighted by Gasteiger charge is 2.16. The van der Waals surface area contributed by atoms with Gasteiger partial charge in [0.05, 0.1) is 6.10 Å². The fourth-order valence-electron chi connectivity index (χ4n) is 2.57. The van der Waals surface area contributed by atoms with Gasteiger partial charge in [0.25, 0.3) is 0 Å². The molecule has 2 atom stereocenters. The van der Waals surface area contributed by atoms with Crippen LogP contribution in [0.5, 0.6) is 0 Å². The quantitative estimate of drug-likeness (QED) is 0.377. The van der Waals surface area contributed by atoms with Crippen molar-refractivity contribution in [3.8, 4) is 0 Å². The first kappa shape index (κ1) is 16.7. The van der Waals surface area contributed by atoms with Crippen LogP contribution in [0.25, 0.3) is 0 Å². The summed E-state index contributed by atoms with van der Waals surface area (Å²) >= 11 is 0. The van der Waals surface area contributed by atoms with Gasteiger partial charge in [0.15, 0.2) is 6.29 Å². The van der Waals surface area contributed by atoms with E-state index in [0.29, 0.717) is 6.10 Å². The van der Waals surface area contributed by atoms with Crippen molar-refractivity contribution in [1.29, 1.82) is 0 Å². The van der Waals surface area contributed by atoms with Crippen molar-refractivity contribution in [1.82, 2.24) is 0 Å². The van der Waals surface area contributed by atoms with Gasteiger partial charge < -0.3 is 9.47 Å². The van der Waals surface area contributed by atoms with Crippen LogP contribution in [-0.4, -0.2) is 19.0 Å². The standard InChI is InChI=1S/C17H32O2/c1-3-4-5-6-7-8-9-10-13-16(2)19-17-14-11-12-15-18-17/h3,16-17H,1,4-15H2,2H3/t16-,17?/m1/s1. The lowest BCUT2D eigenvalue weighted by Gasteiger charge is -2.26. The molecule has 1 heterocycles. The van der Waals surface area contributed by atoms with Crippen LogP contribution in [0.15, 0.2) is 12.7 Å². The summed E-state index contributed by atoms with van der Waals surface area (Å²) in [6.07, 6.45) is 16.3. The Morgan fingerprint density at radius 1 is 1.16 bits per heavy atom. The van der Waals surface area contributed by atoms with E-state index in [1.165, 1.54) is 64.2 Å². The molecule has 1 rings (SSSR count). The molecular weight excluding hydrogens is 236 g/mol. The fourth-order valence-corrected chi connectivity index (χ4v) is 2.57. The molecular formula is C17H32O2. The maximum absolute atomic E-state index is 5.92. The van der Waals surface area contributed by atoms with Crippen LogP contribution in [0, 0.1) is 0 Å². The van der Waals surface area contributed by atoms with Crippen molar-refractivity contribution in [3.63, 3.8) is 0 Å². The monoisotopic (exact) mass is 268 g/mol. The molecule has 1 unspecified atom stereocenters. The van der Waals surface area contributed by atoms with Crippen molar-refractivity contribution in [2.24, 2.45) is 0 Å². The molecule has 112 valence electrons. The van der Waals surface area contributed by atoms with E-state index in [9.17, 15) is 0 Å². The van der Waals surface area contributed by atoms with Crippen LogP contribution in [0.4, 0.5) is 0 Å². The Bertz CT molecular complexity index is 209. The van der Waals surface area contributed by atoms with Crippen LogP contribution in [0.2, 0.25) is 0 Å². The number of hydrogen-bond donors (Lipinski definition) is 0. The van der Waals surface area contributed by atoms with Gasteiger partial charge >= 0.3 is 0 Å². The maximum atomic E-state index is 5.92. The zero-order valence-electron chi connectivity index (χ0n) is 12.7. The lowest BCUT2D eigenvalue weighted by molar-refractivity contribution is -0.185. The van der Waals surface area contributed by atoms with Gasteiger partial charge in [0.1, 0.15) is 0 Å². The minimum Gasteiger partial charge on any atom is -0.353 e. The van der Waals surface area contributed by atoms with E-state index in [0.717, 1.165) is 13.0 Å². The second-order valence-corrected chi connectivity index (χ2v) is 5.73. The van der Waals surface area contributed by atoms with E-state index < -0.39 is 0 Å². The van der Waals surface area contributed by atoms with E-state index >= 15 is 0 Å². The SMILES string of the molecule is C=CCCCCCCCC[C@@H](C)OC1CCCCO1. The molecule has 1 aliphatic rings. The molecule has 1 aliphatic heterocycles.